The van der Waals surface area contributed by atoms with Gasteiger partial charge in [0.1, 0.15) is 5.75 Å². The molecule has 192 valence electrons. The van der Waals surface area contributed by atoms with E-state index in [-0.39, 0.29) is 29.9 Å². The van der Waals surface area contributed by atoms with Gasteiger partial charge in [0.25, 0.3) is 0 Å². The Morgan fingerprint density at radius 3 is 2.31 bits per heavy atom. The Kier molecular flexibility index (Phi) is 9.12. The first kappa shape index (κ1) is 26.8. The molecule has 0 fully saturated rings. The van der Waals surface area contributed by atoms with E-state index in [4.69, 9.17) is 26.2 Å². The zero-order chi connectivity index (χ0) is 26.1. The zero-order valence-corrected chi connectivity index (χ0v) is 19.8. The second-order valence-electron chi connectivity index (χ2n) is 7.74. The Balaban J connectivity index is 1.71. The van der Waals surface area contributed by atoms with Gasteiger partial charge in [0.15, 0.2) is 6.61 Å². The molecule has 1 aromatic heterocycles. The minimum absolute atomic E-state index is 0.0249. The first-order valence-electron chi connectivity index (χ1n) is 10.7. The Bertz CT molecular complexity index is 1150. The molecule has 1 atom stereocenters. The normalized spacial score (nSPS) is 12.0. The molecule has 3 N–H and O–H groups in total. The minimum Gasteiger partial charge on any atom is -0.493 e. The molecule has 0 spiro atoms. The van der Waals surface area contributed by atoms with Crippen LogP contribution in [0.3, 0.4) is 0 Å². The molecule has 3 rings (SSSR count). The second kappa shape index (κ2) is 12.2. The number of nitrogens with one attached hydrogen (secondary N) is 2. The predicted molar refractivity (Wildman–Crippen MR) is 127 cm³/mol. The maximum atomic E-state index is 12.6. The van der Waals surface area contributed by atoms with Crippen LogP contribution in [-0.2, 0) is 6.54 Å². The van der Waals surface area contributed by atoms with Crippen LogP contribution in [0, 0.1) is 5.92 Å². The molecular formula is C23H23ClF3N5O4. The molecule has 9 nitrogen and oxygen atoms in total. The minimum atomic E-state index is -4.58. The van der Waals surface area contributed by atoms with Crippen LogP contribution in [0.5, 0.6) is 11.8 Å². The molecule has 0 aliphatic heterocycles. The molecule has 2 aromatic carbocycles. The number of benzene rings is 2. The lowest BCUT2D eigenvalue weighted by Crippen LogP contribution is -2.21. The average Bonchev–Trinajstić information content (AvgIpc) is 2.85. The summed E-state index contributed by atoms with van der Waals surface area (Å²) < 4.78 is 48.2. The first-order chi connectivity index (χ1) is 17.1. The lowest BCUT2D eigenvalue weighted by atomic mass is 10.2. The van der Waals surface area contributed by atoms with Gasteiger partial charge < -0.3 is 25.2 Å². The van der Waals surface area contributed by atoms with Crippen LogP contribution in [0.4, 0.5) is 30.8 Å². The maximum absolute atomic E-state index is 12.6. The van der Waals surface area contributed by atoms with Crippen molar-refractivity contribution in [1.29, 1.82) is 0 Å². The number of anilines is 3. The largest absolute Gasteiger partial charge is 0.493 e. The number of hydrogen-bond acceptors (Lipinski definition) is 8. The number of ether oxygens (including phenoxy) is 2. The third-order valence-electron chi connectivity index (χ3n) is 4.54. The van der Waals surface area contributed by atoms with Crippen LogP contribution in [-0.4, -0.2) is 51.3 Å². The van der Waals surface area contributed by atoms with E-state index in [0.29, 0.717) is 23.9 Å². The van der Waals surface area contributed by atoms with Crippen LogP contribution in [0.1, 0.15) is 22.8 Å². The van der Waals surface area contributed by atoms with Crippen molar-refractivity contribution in [3.63, 3.8) is 0 Å². The van der Waals surface area contributed by atoms with Crippen molar-refractivity contribution >= 4 is 35.2 Å². The summed E-state index contributed by atoms with van der Waals surface area (Å²) in [5.74, 6) is 0.170. The first-order valence-corrected chi connectivity index (χ1v) is 11.2. The molecule has 13 heteroatoms. The number of aromatic carboxylic acids is 1. The quantitative estimate of drug-likeness (QED) is 0.277. The zero-order valence-electron chi connectivity index (χ0n) is 19.1. The van der Waals surface area contributed by atoms with Crippen molar-refractivity contribution in [3.8, 4) is 11.8 Å². The lowest BCUT2D eigenvalue weighted by Gasteiger charge is -2.13. The molecule has 0 amide bonds. The molecule has 0 aliphatic rings. The Morgan fingerprint density at radius 2 is 1.69 bits per heavy atom. The van der Waals surface area contributed by atoms with Gasteiger partial charge in [-0.25, -0.2) is 4.79 Å². The van der Waals surface area contributed by atoms with Gasteiger partial charge >= 0.3 is 18.2 Å². The summed E-state index contributed by atoms with van der Waals surface area (Å²) in [6, 6.07) is 12.3. The summed E-state index contributed by atoms with van der Waals surface area (Å²) in [5.41, 5.74) is 1.32. The van der Waals surface area contributed by atoms with Gasteiger partial charge in [-0.3, -0.25) is 0 Å². The fraction of sp³-hybridized carbons (Fsp3) is 0.304. The van der Waals surface area contributed by atoms with Gasteiger partial charge in [0, 0.05) is 24.0 Å². The van der Waals surface area contributed by atoms with Gasteiger partial charge in [0.2, 0.25) is 11.9 Å². The van der Waals surface area contributed by atoms with Crippen LogP contribution < -0.4 is 20.1 Å². The number of nitrogens with zero attached hydrogens (tertiary/aromatic N) is 3. The molecular weight excluding hydrogens is 503 g/mol. The van der Waals surface area contributed by atoms with Gasteiger partial charge in [-0.2, -0.15) is 28.1 Å². The molecule has 3 aromatic rings. The summed E-state index contributed by atoms with van der Waals surface area (Å²) in [7, 11) is 0. The van der Waals surface area contributed by atoms with E-state index in [2.05, 4.69) is 25.6 Å². The smallest absolute Gasteiger partial charge is 0.422 e. The van der Waals surface area contributed by atoms with Crippen LogP contribution in [0.25, 0.3) is 0 Å². The fourth-order valence-electron chi connectivity index (χ4n) is 2.70. The standard InChI is InChI=1S/C23H23ClF3N5O4/c1-14(10-24)12-35-18-8-2-15(3-9-18)11-28-20-30-21(32-22(31-20)36-13-23(25,26)27)29-17-6-4-16(5-7-17)19(33)34/h2-9,14H,10-13H2,1H3,(H,33,34)(H2,28,29,30,31,32). The highest BCUT2D eigenvalue weighted by Gasteiger charge is 2.29. The summed E-state index contributed by atoms with van der Waals surface area (Å²) in [4.78, 5) is 22.9. The lowest BCUT2D eigenvalue weighted by molar-refractivity contribution is -0.154. The molecule has 36 heavy (non-hydrogen) atoms. The average molecular weight is 526 g/mol. The second-order valence-corrected chi connectivity index (χ2v) is 8.05. The van der Waals surface area contributed by atoms with E-state index in [1.54, 1.807) is 12.1 Å². The van der Waals surface area contributed by atoms with Crippen molar-refractivity contribution in [2.45, 2.75) is 19.6 Å². The highest BCUT2D eigenvalue weighted by molar-refractivity contribution is 6.18. The third kappa shape index (κ3) is 8.77. The molecule has 0 aliphatic carbocycles. The SMILES string of the molecule is CC(CCl)COc1ccc(CNc2nc(Nc3ccc(C(=O)O)cc3)nc(OCC(F)(F)F)n2)cc1. The predicted octanol–water partition coefficient (Wildman–Crippen LogP) is 5.12. The molecule has 0 radical (unpaired) electrons. The Labute approximate surface area is 209 Å². The molecule has 0 bridgehead atoms. The van der Waals surface area contributed by atoms with E-state index >= 15 is 0 Å². The Morgan fingerprint density at radius 1 is 1.03 bits per heavy atom. The van der Waals surface area contributed by atoms with Crippen molar-refractivity contribution < 1.29 is 32.5 Å². The number of carboxylic acids is 1. The number of rotatable bonds is 12. The highest BCUT2D eigenvalue weighted by Crippen LogP contribution is 2.21. The summed E-state index contributed by atoms with van der Waals surface area (Å²) in [6.07, 6.45) is -4.58. The number of carboxylic acid groups (broad SMARTS) is 1. The Hall–Kier alpha value is -3.80. The van der Waals surface area contributed by atoms with E-state index in [1.807, 2.05) is 19.1 Å². The number of aromatic nitrogens is 3. The fourth-order valence-corrected chi connectivity index (χ4v) is 2.78. The van der Waals surface area contributed by atoms with Crippen molar-refractivity contribution in [2.75, 3.05) is 29.7 Å². The molecule has 0 saturated heterocycles. The number of halogens is 4. The molecule has 0 saturated carbocycles. The summed E-state index contributed by atoms with van der Waals surface area (Å²) in [6.45, 7) is 1.14. The van der Waals surface area contributed by atoms with Gasteiger partial charge in [0.05, 0.1) is 12.2 Å². The van der Waals surface area contributed by atoms with E-state index in [1.165, 1.54) is 24.3 Å². The van der Waals surface area contributed by atoms with E-state index < -0.39 is 24.8 Å². The monoisotopic (exact) mass is 525 g/mol. The van der Waals surface area contributed by atoms with Crippen LogP contribution >= 0.6 is 11.6 Å². The maximum Gasteiger partial charge on any atom is 0.422 e. The summed E-state index contributed by atoms with van der Waals surface area (Å²) >= 11 is 5.77. The third-order valence-corrected chi connectivity index (χ3v) is 5.07. The van der Waals surface area contributed by atoms with Gasteiger partial charge in [-0.15, -0.1) is 11.6 Å². The molecule has 1 heterocycles. The summed E-state index contributed by atoms with van der Waals surface area (Å²) in [5, 5.41) is 14.7. The van der Waals surface area contributed by atoms with Crippen LogP contribution in [0.2, 0.25) is 0 Å². The highest BCUT2D eigenvalue weighted by atomic mass is 35.5. The van der Waals surface area contributed by atoms with E-state index in [9.17, 15) is 18.0 Å². The number of carbonyl (C=O) groups is 1. The van der Waals surface area contributed by atoms with Crippen LogP contribution in [0.15, 0.2) is 48.5 Å². The van der Waals surface area contributed by atoms with Crippen molar-refractivity contribution in [3.05, 3.63) is 59.7 Å². The van der Waals surface area contributed by atoms with Gasteiger partial charge in [-0.1, -0.05) is 19.1 Å². The topological polar surface area (TPSA) is 118 Å². The van der Waals surface area contributed by atoms with Crippen molar-refractivity contribution in [1.82, 2.24) is 15.0 Å². The van der Waals surface area contributed by atoms with E-state index in [0.717, 1.165) is 5.56 Å². The van der Waals surface area contributed by atoms with Crippen molar-refractivity contribution in [2.24, 2.45) is 5.92 Å². The number of hydrogen-bond donors (Lipinski definition) is 3. The molecule has 1 unspecified atom stereocenters. The number of alkyl halides is 4. The van der Waals surface area contributed by atoms with Gasteiger partial charge in [-0.05, 0) is 42.0 Å².